The number of aliphatic carboxylic acids is 1. The highest BCUT2D eigenvalue weighted by Crippen LogP contribution is 2.28. The zero-order valence-electron chi connectivity index (χ0n) is 11.9. The second-order valence-corrected chi connectivity index (χ2v) is 6.05. The van der Waals surface area contributed by atoms with Crippen LogP contribution in [0.2, 0.25) is 5.02 Å². The van der Waals surface area contributed by atoms with E-state index in [1.165, 1.54) is 0 Å². The molecule has 23 heavy (non-hydrogen) atoms. The van der Waals surface area contributed by atoms with Crippen molar-refractivity contribution in [2.24, 2.45) is 0 Å². The maximum atomic E-state index is 10.8. The summed E-state index contributed by atoms with van der Waals surface area (Å²) in [5.74, 6) is -0.330. The van der Waals surface area contributed by atoms with Crippen LogP contribution in [-0.2, 0) is 4.79 Å². The van der Waals surface area contributed by atoms with Crippen molar-refractivity contribution in [3.05, 3.63) is 59.6 Å². The molecule has 0 bridgehead atoms. The summed E-state index contributed by atoms with van der Waals surface area (Å²) < 4.78 is 1.83. The van der Waals surface area contributed by atoms with Gasteiger partial charge in [0.2, 0.25) is 0 Å². The van der Waals surface area contributed by atoms with Crippen molar-refractivity contribution in [3.8, 4) is 17.1 Å². The first-order chi connectivity index (χ1) is 11.1. The first kappa shape index (κ1) is 15.6. The minimum absolute atomic E-state index is 0.0828. The molecule has 0 amide bonds. The molecule has 3 aromatic rings. The Bertz CT molecular complexity index is 819. The van der Waals surface area contributed by atoms with Gasteiger partial charge in [-0.15, -0.1) is 10.2 Å². The second-order valence-electron chi connectivity index (χ2n) is 4.67. The zero-order chi connectivity index (χ0) is 16.2. The quantitative estimate of drug-likeness (QED) is 0.713. The van der Waals surface area contributed by atoms with E-state index >= 15 is 0 Å². The van der Waals surface area contributed by atoms with Gasteiger partial charge >= 0.3 is 5.97 Å². The van der Waals surface area contributed by atoms with Crippen molar-refractivity contribution in [2.45, 2.75) is 5.16 Å². The molecule has 0 spiro atoms. The number of nitrogens with zero attached hydrogens (tertiary/aromatic N) is 3. The number of hydrogen-bond acceptors (Lipinski definition) is 4. The van der Waals surface area contributed by atoms with Crippen LogP contribution < -0.4 is 0 Å². The monoisotopic (exact) mass is 345 g/mol. The SMILES string of the molecule is O=C(O)CSc1nnc(-c2ccccc2)n1-c1ccc(Cl)cc1. The van der Waals surface area contributed by atoms with Crippen LogP contribution in [0, 0.1) is 0 Å². The lowest BCUT2D eigenvalue weighted by Crippen LogP contribution is -2.03. The molecule has 116 valence electrons. The highest BCUT2D eigenvalue weighted by molar-refractivity contribution is 7.99. The van der Waals surface area contributed by atoms with Gasteiger partial charge in [-0.1, -0.05) is 53.7 Å². The molecule has 0 aliphatic rings. The molecule has 0 unspecified atom stereocenters. The van der Waals surface area contributed by atoms with Crippen LogP contribution in [-0.4, -0.2) is 31.6 Å². The first-order valence-corrected chi connectivity index (χ1v) is 8.13. The van der Waals surface area contributed by atoms with Crippen LogP contribution in [0.4, 0.5) is 0 Å². The number of benzene rings is 2. The Kier molecular flexibility index (Phi) is 4.64. The van der Waals surface area contributed by atoms with E-state index in [1.807, 2.05) is 47.0 Å². The molecule has 5 nitrogen and oxygen atoms in total. The smallest absolute Gasteiger partial charge is 0.313 e. The van der Waals surface area contributed by atoms with Crippen molar-refractivity contribution in [1.29, 1.82) is 0 Å². The van der Waals surface area contributed by atoms with E-state index < -0.39 is 5.97 Å². The highest BCUT2D eigenvalue weighted by atomic mass is 35.5. The molecular weight excluding hydrogens is 334 g/mol. The van der Waals surface area contributed by atoms with Crippen LogP contribution in [0.5, 0.6) is 0 Å². The van der Waals surface area contributed by atoms with E-state index in [9.17, 15) is 4.79 Å². The van der Waals surface area contributed by atoms with E-state index in [0.29, 0.717) is 16.0 Å². The minimum Gasteiger partial charge on any atom is -0.481 e. The fourth-order valence-corrected chi connectivity index (χ4v) is 2.88. The molecule has 7 heteroatoms. The molecule has 0 fully saturated rings. The van der Waals surface area contributed by atoms with E-state index in [0.717, 1.165) is 23.0 Å². The molecule has 0 aliphatic heterocycles. The Morgan fingerprint density at radius 1 is 1.09 bits per heavy atom. The highest BCUT2D eigenvalue weighted by Gasteiger charge is 2.16. The Morgan fingerprint density at radius 3 is 2.43 bits per heavy atom. The summed E-state index contributed by atoms with van der Waals surface area (Å²) >= 11 is 7.08. The van der Waals surface area contributed by atoms with Crippen LogP contribution >= 0.6 is 23.4 Å². The zero-order valence-corrected chi connectivity index (χ0v) is 13.5. The molecule has 1 heterocycles. The number of hydrogen-bond donors (Lipinski definition) is 1. The molecule has 3 rings (SSSR count). The number of thioether (sulfide) groups is 1. The number of carbonyl (C=O) groups is 1. The van der Waals surface area contributed by atoms with Gasteiger partial charge in [0, 0.05) is 16.3 Å². The number of rotatable bonds is 5. The van der Waals surface area contributed by atoms with Gasteiger partial charge in [0.15, 0.2) is 11.0 Å². The lowest BCUT2D eigenvalue weighted by Gasteiger charge is -2.10. The molecule has 0 saturated carbocycles. The third-order valence-corrected chi connectivity index (χ3v) is 4.24. The van der Waals surface area contributed by atoms with Crippen LogP contribution in [0.1, 0.15) is 0 Å². The van der Waals surface area contributed by atoms with Crippen molar-refractivity contribution in [2.75, 3.05) is 5.75 Å². The van der Waals surface area contributed by atoms with Crippen molar-refractivity contribution in [1.82, 2.24) is 14.8 Å². The lowest BCUT2D eigenvalue weighted by atomic mass is 10.2. The Balaban J connectivity index is 2.10. The van der Waals surface area contributed by atoms with E-state index in [-0.39, 0.29) is 5.75 Å². The van der Waals surface area contributed by atoms with Gasteiger partial charge in [-0.2, -0.15) is 0 Å². The van der Waals surface area contributed by atoms with E-state index in [4.69, 9.17) is 16.7 Å². The predicted molar refractivity (Wildman–Crippen MR) is 90.2 cm³/mol. The van der Waals surface area contributed by atoms with Gasteiger partial charge in [0.05, 0.1) is 5.75 Å². The largest absolute Gasteiger partial charge is 0.481 e. The van der Waals surface area contributed by atoms with E-state index in [1.54, 1.807) is 12.1 Å². The average molecular weight is 346 g/mol. The summed E-state index contributed by atoms with van der Waals surface area (Å²) in [6.07, 6.45) is 0. The molecule has 0 radical (unpaired) electrons. The minimum atomic E-state index is -0.901. The molecule has 0 saturated heterocycles. The average Bonchev–Trinajstić information content (AvgIpc) is 2.98. The number of halogens is 1. The number of carboxylic acid groups (broad SMARTS) is 1. The fraction of sp³-hybridized carbons (Fsp3) is 0.0625. The predicted octanol–water partition coefficient (Wildman–Crippen LogP) is 3.76. The fourth-order valence-electron chi connectivity index (χ4n) is 2.09. The molecule has 0 atom stereocenters. The Morgan fingerprint density at radius 2 is 1.78 bits per heavy atom. The molecule has 1 N–H and O–H groups in total. The Labute approximate surface area is 141 Å². The lowest BCUT2D eigenvalue weighted by molar-refractivity contribution is -0.133. The van der Waals surface area contributed by atoms with Crippen LogP contribution in [0.15, 0.2) is 59.8 Å². The van der Waals surface area contributed by atoms with Gasteiger partial charge in [-0.25, -0.2) is 0 Å². The van der Waals surface area contributed by atoms with Crippen LogP contribution in [0.3, 0.4) is 0 Å². The van der Waals surface area contributed by atoms with Gasteiger partial charge in [-0.3, -0.25) is 9.36 Å². The van der Waals surface area contributed by atoms with E-state index in [2.05, 4.69) is 10.2 Å². The maximum absolute atomic E-state index is 10.8. The van der Waals surface area contributed by atoms with Crippen molar-refractivity contribution in [3.63, 3.8) is 0 Å². The Hall–Kier alpha value is -2.31. The summed E-state index contributed by atoms with van der Waals surface area (Å²) in [6.45, 7) is 0. The molecule has 1 aromatic heterocycles. The van der Waals surface area contributed by atoms with Gasteiger partial charge < -0.3 is 5.11 Å². The summed E-state index contributed by atoms with van der Waals surface area (Å²) in [4.78, 5) is 10.8. The van der Waals surface area contributed by atoms with Gasteiger partial charge in [-0.05, 0) is 24.3 Å². The topological polar surface area (TPSA) is 68.0 Å². The molecule has 0 aliphatic carbocycles. The molecule has 2 aromatic carbocycles. The van der Waals surface area contributed by atoms with Crippen LogP contribution in [0.25, 0.3) is 17.1 Å². The number of carboxylic acids is 1. The summed E-state index contributed by atoms with van der Waals surface area (Å²) in [5.41, 5.74) is 1.73. The second kappa shape index (κ2) is 6.85. The molecular formula is C16H12ClN3O2S. The maximum Gasteiger partial charge on any atom is 0.313 e. The van der Waals surface area contributed by atoms with Gasteiger partial charge in [0.1, 0.15) is 0 Å². The van der Waals surface area contributed by atoms with Crippen molar-refractivity contribution < 1.29 is 9.90 Å². The first-order valence-electron chi connectivity index (χ1n) is 6.76. The number of aromatic nitrogens is 3. The van der Waals surface area contributed by atoms with Gasteiger partial charge in [0.25, 0.3) is 0 Å². The summed E-state index contributed by atoms with van der Waals surface area (Å²) in [7, 11) is 0. The standard InChI is InChI=1S/C16H12ClN3O2S/c17-12-6-8-13(9-7-12)20-15(11-4-2-1-3-5-11)18-19-16(20)23-10-14(21)22/h1-9H,10H2,(H,21,22). The normalized spacial score (nSPS) is 10.7. The van der Waals surface area contributed by atoms with Crippen molar-refractivity contribution >= 4 is 29.3 Å². The summed E-state index contributed by atoms with van der Waals surface area (Å²) in [5, 5.41) is 18.4. The summed E-state index contributed by atoms with van der Waals surface area (Å²) in [6, 6.07) is 16.9. The third-order valence-electron chi connectivity index (χ3n) is 3.07. The third kappa shape index (κ3) is 3.55.